The van der Waals surface area contributed by atoms with E-state index in [9.17, 15) is 48.3 Å². The number of piperazine rings is 1. The Labute approximate surface area is 318 Å². The molecule has 3 atom stereocenters. The van der Waals surface area contributed by atoms with Crippen LogP contribution in [0.2, 0.25) is 0 Å². The molecule has 4 heterocycles. The van der Waals surface area contributed by atoms with Crippen LogP contribution in [0.4, 0.5) is 4.79 Å². The number of nitrogens with zero attached hydrogens (tertiary/aromatic N) is 5. The average Bonchev–Trinajstić information content (AvgIpc) is 3.56. The number of aliphatic carboxylic acids is 1. The summed E-state index contributed by atoms with van der Waals surface area (Å²) in [6.45, 7) is 5.40. The van der Waals surface area contributed by atoms with Gasteiger partial charge in [-0.1, -0.05) is 29.6 Å². The number of thiocarbonyl (C=S) groups is 1. The number of hydrogen-bond donors (Lipinski definition) is 4. The molecule has 2 saturated heterocycles. The lowest BCUT2D eigenvalue weighted by Crippen LogP contribution is -2.85. The van der Waals surface area contributed by atoms with Crippen molar-refractivity contribution < 1.29 is 57.7 Å². The summed E-state index contributed by atoms with van der Waals surface area (Å²) in [6, 6.07) is 0.370. The molecular weight excluding hydrogens is 773 g/mol. The van der Waals surface area contributed by atoms with E-state index >= 15 is 0 Å². The number of aryl methyl sites for hydroxylation is 1. The molecule has 7 amide bonds. The molecule has 0 spiro atoms. The Morgan fingerprint density at radius 2 is 1.76 bits per heavy atom. The number of carboxylic acid groups (broad SMARTS) is 1. The minimum Gasteiger partial charge on any atom is -0.477 e. The molecule has 2 fully saturated rings. The summed E-state index contributed by atoms with van der Waals surface area (Å²) in [4.78, 5) is 118. The number of amides is 7. The summed E-state index contributed by atoms with van der Waals surface area (Å²) in [5.41, 5.74) is -2.86. The van der Waals surface area contributed by atoms with E-state index in [1.807, 2.05) is 0 Å². The molecule has 284 valence electrons. The number of carbonyl (C=O) groups is 9. The van der Waals surface area contributed by atoms with E-state index < -0.39 is 70.3 Å². The van der Waals surface area contributed by atoms with Crippen molar-refractivity contribution in [2.75, 3.05) is 25.4 Å². The van der Waals surface area contributed by atoms with Gasteiger partial charge in [-0.25, -0.2) is 9.59 Å². The number of rotatable bonds is 12. The summed E-state index contributed by atoms with van der Waals surface area (Å²) in [6.07, 6.45) is 0.113. The van der Waals surface area contributed by atoms with E-state index in [1.54, 1.807) is 13.8 Å². The van der Waals surface area contributed by atoms with Crippen molar-refractivity contribution in [3.8, 4) is 11.5 Å². The van der Waals surface area contributed by atoms with Gasteiger partial charge in [0.1, 0.15) is 22.1 Å². The minimum atomic E-state index is -2.28. The number of likely N-dealkylation sites (N-methyl/N-ethyl adjacent to an activating group) is 1. The average molecular weight is 803 g/mol. The second-order valence-electron chi connectivity index (χ2n) is 11.6. The number of ether oxygens (including phenoxy) is 2. The monoisotopic (exact) mass is 802 g/mol. The van der Waals surface area contributed by atoms with Crippen LogP contribution < -0.4 is 25.4 Å². The zero-order chi connectivity index (χ0) is 39.6. The van der Waals surface area contributed by atoms with E-state index in [0.717, 1.165) is 54.0 Å². The van der Waals surface area contributed by atoms with Crippen LogP contribution in [0.1, 0.15) is 42.4 Å². The van der Waals surface area contributed by atoms with Crippen LogP contribution in [0, 0.1) is 6.92 Å². The number of urea groups is 1. The molecule has 1 aromatic carbocycles. The maximum absolute atomic E-state index is 14.3. The molecule has 0 radical (unpaired) electrons. The Hall–Kier alpha value is -5.81. The lowest BCUT2D eigenvalue weighted by atomic mass is 9.93. The summed E-state index contributed by atoms with van der Waals surface area (Å²) in [7, 11) is 0. The van der Waals surface area contributed by atoms with Crippen molar-refractivity contribution >= 4 is 94.2 Å². The van der Waals surface area contributed by atoms with Crippen LogP contribution in [0.25, 0.3) is 0 Å². The molecule has 23 heteroatoms. The fraction of sp³-hybridized carbons (Fsp3) is 0.355. The number of carbonyl (C=O) groups excluding carboxylic acids is 8. The first kappa shape index (κ1) is 39.4. The SMILES string of the molecule is CCN1CCN(C(=O)NC(C(=O)N[C@]2(NC=O)C(=O)N3C(C(=O)O)=C(C(=S)c4nnc(C)s4)CS[C@H]32)c2ccc(OC(C)=O)c(OC(C)=O)c2)C(=O)C1=O. The second kappa shape index (κ2) is 15.7. The third-order valence-electron chi connectivity index (χ3n) is 8.15. The van der Waals surface area contributed by atoms with Crippen molar-refractivity contribution in [1.29, 1.82) is 0 Å². The number of hydrogen-bond acceptors (Lipinski definition) is 16. The van der Waals surface area contributed by atoms with Gasteiger partial charge >= 0.3 is 35.8 Å². The van der Waals surface area contributed by atoms with Crippen molar-refractivity contribution in [3.63, 3.8) is 0 Å². The Morgan fingerprint density at radius 1 is 1.07 bits per heavy atom. The van der Waals surface area contributed by atoms with Gasteiger partial charge in [0.05, 0.1) is 4.86 Å². The Kier molecular flexibility index (Phi) is 11.4. The topological polar surface area (TPSA) is 264 Å². The molecule has 5 rings (SSSR count). The third-order valence-corrected chi connectivity index (χ3v) is 10.9. The standard InChI is InChI=1S/C31H30N8O12S3/c1-5-37-8-9-38(26(45)25(37)44)30(49)33-20(16-6-7-18(50-14(3)41)19(10-16)51-15(4)42)23(43)34-31(32-12-40)28(48)39-21(27(46)47)17(11-53-29(31)39)22(52)24-36-35-13(2)54-24/h6-7,10,12,20,29H,5,8-9,11H2,1-4H3,(H,32,40)(H,33,49)(H,34,43)(H,46,47)/t20?,29-,31+/m0/s1. The van der Waals surface area contributed by atoms with E-state index in [1.165, 1.54) is 11.0 Å². The molecule has 0 aliphatic carbocycles. The molecule has 1 aromatic heterocycles. The Bertz CT molecular complexity index is 2050. The lowest BCUT2D eigenvalue weighted by Gasteiger charge is -2.56. The molecule has 2 aromatic rings. The number of β-lactam (4-membered cyclic amide) rings is 1. The number of nitrogens with one attached hydrogen (secondary N) is 3. The van der Waals surface area contributed by atoms with Crippen LogP contribution in [-0.4, -0.2) is 125 Å². The van der Waals surface area contributed by atoms with Crippen LogP contribution in [0.3, 0.4) is 0 Å². The van der Waals surface area contributed by atoms with Crippen molar-refractivity contribution in [1.82, 2.24) is 40.8 Å². The molecule has 0 bridgehead atoms. The Morgan fingerprint density at radius 3 is 2.35 bits per heavy atom. The predicted octanol–water partition coefficient (Wildman–Crippen LogP) is -0.631. The quantitative estimate of drug-likeness (QED) is 0.0304. The first-order chi connectivity index (χ1) is 25.5. The summed E-state index contributed by atoms with van der Waals surface area (Å²) < 4.78 is 10.3. The zero-order valence-corrected chi connectivity index (χ0v) is 31.1. The molecule has 20 nitrogen and oxygen atoms in total. The van der Waals surface area contributed by atoms with Gasteiger partial charge in [0.25, 0.3) is 5.91 Å². The molecule has 3 aliphatic heterocycles. The molecule has 54 heavy (non-hydrogen) atoms. The van der Waals surface area contributed by atoms with E-state index in [2.05, 4.69) is 26.1 Å². The van der Waals surface area contributed by atoms with Crippen molar-refractivity contribution in [3.05, 3.63) is 45.0 Å². The largest absolute Gasteiger partial charge is 0.477 e. The number of fused-ring (bicyclic) bond motifs is 1. The molecule has 1 unspecified atom stereocenters. The first-order valence-electron chi connectivity index (χ1n) is 15.8. The van der Waals surface area contributed by atoms with Gasteiger partial charge in [0.15, 0.2) is 16.5 Å². The van der Waals surface area contributed by atoms with Crippen LogP contribution in [0.15, 0.2) is 29.5 Å². The van der Waals surface area contributed by atoms with Gasteiger partial charge in [-0.3, -0.25) is 43.4 Å². The maximum atomic E-state index is 14.3. The smallest absolute Gasteiger partial charge is 0.353 e. The lowest BCUT2D eigenvalue weighted by molar-refractivity contribution is -0.162. The fourth-order valence-electron chi connectivity index (χ4n) is 5.74. The number of esters is 2. The molecular formula is C31H30N8O12S3. The number of benzene rings is 1. The fourth-order valence-corrected chi connectivity index (χ4v) is 8.26. The predicted molar refractivity (Wildman–Crippen MR) is 188 cm³/mol. The highest BCUT2D eigenvalue weighted by Crippen LogP contribution is 2.46. The summed E-state index contributed by atoms with van der Waals surface area (Å²) in [5, 5.41) is 24.7. The van der Waals surface area contributed by atoms with Crippen LogP contribution >= 0.6 is 35.3 Å². The zero-order valence-electron chi connectivity index (χ0n) is 28.7. The number of carboxylic acids is 1. The highest BCUT2D eigenvalue weighted by Gasteiger charge is 2.66. The van der Waals surface area contributed by atoms with E-state index in [-0.39, 0.29) is 64.3 Å². The third kappa shape index (κ3) is 7.36. The Balaban J connectivity index is 1.52. The number of thioether (sulfide) groups is 1. The highest BCUT2D eigenvalue weighted by atomic mass is 32.2. The number of imide groups is 1. The van der Waals surface area contributed by atoms with Crippen LogP contribution in [-0.2, 0) is 38.4 Å². The molecule has 3 aliphatic rings. The maximum Gasteiger partial charge on any atom is 0.353 e. The highest BCUT2D eigenvalue weighted by molar-refractivity contribution is 8.00. The molecule has 0 saturated carbocycles. The van der Waals surface area contributed by atoms with E-state index in [4.69, 9.17) is 21.7 Å². The minimum absolute atomic E-state index is 0.00182. The van der Waals surface area contributed by atoms with Crippen molar-refractivity contribution in [2.45, 2.75) is 44.8 Å². The van der Waals surface area contributed by atoms with Gasteiger partial charge in [-0.05, 0) is 31.5 Å². The summed E-state index contributed by atoms with van der Waals surface area (Å²) >= 11 is 7.58. The summed E-state index contributed by atoms with van der Waals surface area (Å²) in [5.74, 6) is -8.28. The van der Waals surface area contributed by atoms with E-state index in [0.29, 0.717) is 9.91 Å². The van der Waals surface area contributed by atoms with Gasteiger partial charge in [0, 0.05) is 44.8 Å². The normalized spacial score (nSPS) is 20.0. The van der Waals surface area contributed by atoms with Gasteiger partial charge in [-0.2, -0.15) is 0 Å². The second-order valence-corrected chi connectivity index (χ2v) is 14.3. The van der Waals surface area contributed by atoms with Crippen LogP contribution in [0.5, 0.6) is 11.5 Å². The van der Waals surface area contributed by atoms with Gasteiger partial charge in [-0.15, -0.1) is 22.0 Å². The van der Waals surface area contributed by atoms with Gasteiger partial charge in [0.2, 0.25) is 18.0 Å². The first-order valence-corrected chi connectivity index (χ1v) is 18.0. The van der Waals surface area contributed by atoms with Gasteiger partial charge < -0.3 is 35.4 Å². The van der Waals surface area contributed by atoms with Crippen molar-refractivity contribution in [2.24, 2.45) is 0 Å². The number of aromatic nitrogens is 2. The molecule has 4 N–H and O–H groups in total.